The molecule has 3 atom stereocenters. The summed E-state index contributed by atoms with van der Waals surface area (Å²) >= 11 is 1.34. The van der Waals surface area contributed by atoms with Gasteiger partial charge in [-0.05, 0) is 60.2 Å². The van der Waals surface area contributed by atoms with Crippen molar-refractivity contribution in [2.45, 2.75) is 55.9 Å². The van der Waals surface area contributed by atoms with E-state index in [4.69, 9.17) is 9.47 Å². The van der Waals surface area contributed by atoms with Crippen LogP contribution in [-0.4, -0.2) is 57.3 Å². The third kappa shape index (κ3) is 9.59. The molecule has 60 heavy (non-hydrogen) atoms. The lowest BCUT2D eigenvalue weighted by atomic mass is 9.87. The van der Waals surface area contributed by atoms with Crippen molar-refractivity contribution in [2.75, 3.05) is 5.75 Å². The summed E-state index contributed by atoms with van der Waals surface area (Å²) in [7, 11) is 0. The first-order valence-corrected chi connectivity index (χ1v) is 20.7. The van der Waals surface area contributed by atoms with Crippen molar-refractivity contribution >= 4 is 41.4 Å². The van der Waals surface area contributed by atoms with E-state index in [1.807, 2.05) is 121 Å². The highest BCUT2D eigenvalue weighted by Crippen LogP contribution is 2.42. The van der Waals surface area contributed by atoms with Crippen LogP contribution in [0.2, 0.25) is 0 Å². The predicted molar refractivity (Wildman–Crippen MR) is 230 cm³/mol. The molecule has 3 amide bonds. The van der Waals surface area contributed by atoms with E-state index in [1.165, 1.54) is 22.7 Å². The molecule has 2 N–H and O–H groups in total. The quantitative estimate of drug-likeness (QED) is 0.0691. The summed E-state index contributed by atoms with van der Waals surface area (Å²) < 4.78 is 11.8. The number of alkyl carbamates (subject to hydrolysis) is 1. The Labute approximate surface area is 353 Å². The van der Waals surface area contributed by atoms with Crippen LogP contribution < -0.4 is 10.6 Å². The first kappa shape index (κ1) is 41.4. The number of β-lactam (4-membered cyclic amide) rings is 1. The summed E-state index contributed by atoms with van der Waals surface area (Å²) in [6.45, 7) is 5.15. The van der Waals surface area contributed by atoms with Gasteiger partial charge in [-0.3, -0.25) is 19.3 Å². The molecule has 1 saturated heterocycles. The molecule has 2 heterocycles. The zero-order valence-electron chi connectivity index (χ0n) is 33.4. The summed E-state index contributed by atoms with van der Waals surface area (Å²) in [4.78, 5) is 71.2. The van der Waals surface area contributed by atoms with Crippen molar-refractivity contribution in [3.63, 3.8) is 0 Å². The Kier molecular flexibility index (Phi) is 12.8. The number of rotatable bonds is 13. The molecule has 0 bridgehead atoms. The number of ketones is 1. The Balaban J connectivity index is 1.21. The number of ether oxygens (including phenoxy) is 2. The minimum absolute atomic E-state index is 0.0161. The van der Waals surface area contributed by atoms with Gasteiger partial charge in [0.25, 0.3) is 5.91 Å². The molecule has 0 aromatic heterocycles. The lowest BCUT2D eigenvalue weighted by molar-refractivity contribution is -0.154. The van der Waals surface area contributed by atoms with Crippen LogP contribution >= 0.6 is 11.8 Å². The predicted octanol–water partition coefficient (Wildman–Crippen LogP) is 8.20. The van der Waals surface area contributed by atoms with Crippen LogP contribution in [0.3, 0.4) is 0 Å². The number of hydrogen-bond acceptors (Lipinski definition) is 8. The number of carbonyl (C=O) groups excluding carboxylic acids is 5. The van der Waals surface area contributed by atoms with Crippen molar-refractivity contribution in [3.8, 4) is 0 Å². The van der Waals surface area contributed by atoms with Gasteiger partial charge in [-0.15, -0.1) is 11.8 Å². The maximum atomic E-state index is 14.6. The zero-order valence-corrected chi connectivity index (χ0v) is 34.2. The van der Waals surface area contributed by atoms with E-state index in [0.717, 1.165) is 22.3 Å². The number of thioether (sulfide) groups is 1. The first-order chi connectivity index (χ1) is 29.0. The molecule has 7 rings (SSSR count). The van der Waals surface area contributed by atoms with Crippen LogP contribution in [0.5, 0.6) is 0 Å². The molecule has 2 aliphatic rings. The maximum Gasteiger partial charge on any atom is 0.408 e. The number of amides is 3. The fraction of sp³-hybridized carbons (Fsp3) is 0.204. The van der Waals surface area contributed by atoms with Crippen LogP contribution in [0.4, 0.5) is 4.79 Å². The Hall–Kier alpha value is -6.72. The number of esters is 1. The number of fused-ring (bicyclic) bond motifs is 1. The molecular weight excluding hydrogens is 775 g/mol. The second kappa shape index (κ2) is 18.5. The maximum absolute atomic E-state index is 14.6. The minimum atomic E-state index is -1.18. The lowest BCUT2D eigenvalue weighted by Gasteiger charge is -2.49. The van der Waals surface area contributed by atoms with Gasteiger partial charge in [0.15, 0.2) is 11.9 Å². The molecular formula is C49H45N3O7S. The van der Waals surface area contributed by atoms with Crippen LogP contribution in [0, 0.1) is 0 Å². The van der Waals surface area contributed by atoms with Gasteiger partial charge in [0.1, 0.15) is 28.8 Å². The van der Waals surface area contributed by atoms with E-state index in [0.29, 0.717) is 11.1 Å². The van der Waals surface area contributed by atoms with Crippen molar-refractivity contribution in [2.24, 2.45) is 0 Å². The van der Waals surface area contributed by atoms with Gasteiger partial charge in [-0.2, -0.15) is 0 Å². The second-order valence-electron chi connectivity index (χ2n) is 15.4. The Morgan fingerprint density at radius 1 is 0.700 bits per heavy atom. The minimum Gasteiger partial charge on any atom is -0.448 e. The fourth-order valence-electron chi connectivity index (χ4n) is 7.21. The van der Waals surface area contributed by atoms with Crippen molar-refractivity contribution in [1.29, 1.82) is 0 Å². The molecule has 5 aromatic carbocycles. The fourth-order valence-corrected chi connectivity index (χ4v) is 8.52. The summed E-state index contributed by atoms with van der Waals surface area (Å²) in [5, 5.41) is 4.79. The summed E-state index contributed by atoms with van der Waals surface area (Å²) in [5.41, 5.74) is 3.14. The van der Waals surface area contributed by atoms with Gasteiger partial charge in [0.05, 0.1) is 5.92 Å². The molecule has 0 spiro atoms. The number of nitrogens with one attached hydrogen (secondary N) is 2. The average molecular weight is 820 g/mol. The largest absolute Gasteiger partial charge is 0.448 e. The van der Waals surface area contributed by atoms with E-state index in [1.54, 1.807) is 57.2 Å². The molecule has 0 radical (unpaired) electrons. The highest BCUT2D eigenvalue weighted by Gasteiger charge is 2.55. The van der Waals surface area contributed by atoms with Crippen LogP contribution in [0.1, 0.15) is 66.7 Å². The lowest BCUT2D eigenvalue weighted by Crippen LogP contribution is -2.71. The highest BCUT2D eigenvalue weighted by molar-refractivity contribution is 8.00. The normalized spacial score (nSPS) is 16.8. The first-order valence-electron chi connectivity index (χ1n) is 19.6. The van der Waals surface area contributed by atoms with E-state index in [-0.39, 0.29) is 17.2 Å². The Morgan fingerprint density at radius 3 is 1.65 bits per heavy atom. The third-order valence-corrected chi connectivity index (χ3v) is 11.3. The van der Waals surface area contributed by atoms with Crippen LogP contribution in [0.15, 0.2) is 175 Å². The summed E-state index contributed by atoms with van der Waals surface area (Å²) in [5.74, 6) is -2.54. The number of hydrogen-bond donors (Lipinski definition) is 2. The number of benzene rings is 5. The van der Waals surface area contributed by atoms with Crippen molar-refractivity contribution in [1.82, 2.24) is 15.5 Å². The van der Waals surface area contributed by atoms with Crippen molar-refractivity contribution < 1.29 is 33.4 Å². The molecule has 0 unspecified atom stereocenters. The van der Waals surface area contributed by atoms with Gasteiger partial charge in [-0.25, -0.2) is 9.59 Å². The average Bonchev–Trinajstić information content (AvgIpc) is 3.26. The number of nitrogens with zero attached hydrogens (tertiary/aromatic N) is 1. The molecule has 11 heteroatoms. The van der Waals surface area contributed by atoms with E-state index < -0.39 is 59.0 Å². The number of carbonyl (C=O) groups is 5. The standard InChI is InChI=1S/C49H45N3O7S/c1-49(2,3)59-48(57)51-40(34-23-13-6-14-24-34)44(54)50-41-45(55)52-42(47(56)58-43(35-25-15-7-16-26-35)36-27-17-8-18-28-36)37(31-60-46(41)52)29-30-38(53)39(32-19-9-4-10-20-32)33-21-11-5-12-22-33/h4-30,39-41,43,46H,31H2,1-3H3,(H,50,54)(H,51,57)/b30-29+/t40-,41-,46-/m1/s1. The van der Waals surface area contributed by atoms with Gasteiger partial charge in [0.2, 0.25) is 5.91 Å². The summed E-state index contributed by atoms with van der Waals surface area (Å²) in [6, 6.07) is 44.0. The molecule has 1 fully saturated rings. The highest BCUT2D eigenvalue weighted by atomic mass is 32.2. The van der Waals surface area contributed by atoms with E-state index >= 15 is 0 Å². The monoisotopic (exact) mass is 819 g/mol. The second-order valence-corrected chi connectivity index (χ2v) is 16.5. The topological polar surface area (TPSA) is 131 Å². The smallest absolute Gasteiger partial charge is 0.408 e. The Morgan fingerprint density at radius 2 is 1.17 bits per heavy atom. The zero-order chi connectivity index (χ0) is 42.2. The van der Waals surface area contributed by atoms with Gasteiger partial charge < -0.3 is 20.1 Å². The molecule has 2 aliphatic heterocycles. The molecule has 5 aromatic rings. The third-order valence-electron chi connectivity index (χ3n) is 9.97. The molecule has 0 saturated carbocycles. The van der Waals surface area contributed by atoms with Gasteiger partial charge in [-0.1, -0.05) is 158 Å². The van der Waals surface area contributed by atoms with Gasteiger partial charge >= 0.3 is 12.1 Å². The molecule has 10 nitrogen and oxygen atoms in total. The molecule has 0 aliphatic carbocycles. The molecule has 304 valence electrons. The van der Waals surface area contributed by atoms with Crippen LogP contribution in [0.25, 0.3) is 0 Å². The van der Waals surface area contributed by atoms with Crippen molar-refractivity contribution in [3.05, 3.63) is 203 Å². The summed E-state index contributed by atoms with van der Waals surface area (Å²) in [6.07, 6.45) is 1.43. The SMILES string of the molecule is CC(C)(C)OC(=O)N[C@@H](C(=O)N[C@@H]1C(=O)N2C(C(=O)OC(c3ccccc3)c3ccccc3)=C(/C=C/C(=O)C(c3ccccc3)c3ccccc3)CS[C@H]12)c1ccccc1. The Bertz CT molecular complexity index is 2310. The van der Waals surface area contributed by atoms with Crippen LogP contribution in [-0.2, 0) is 28.7 Å². The van der Waals surface area contributed by atoms with E-state index in [9.17, 15) is 24.0 Å². The van der Waals surface area contributed by atoms with E-state index in [2.05, 4.69) is 10.6 Å². The number of allylic oxidation sites excluding steroid dienone is 2. The van der Waals surface area contributed by atoms with Gasteiger partial charge in [0, 0.05) is 5.75 Å².